The Morgan fingerprint density at radius 1 is 1.04 bits per heavy atom. The smallest absolute Gasteiger partial charge is 0.313 e. The van der Waals surface area contributed by atoms with Crippen LogP contribution in [0.2, 0.25) is 0 Å². The van der Waals surface area contributed by atoms with Gasteiger partial charge in [0.25, 0.3) is 0 Å². The molecule has 2 amide bonds. The zero-order valence-electron chi connectivity index (χ0n) is 12.7. The number of benzene rings is 1. The Hall–Kier alpha value is -2.02. The van der Waals surface area contributed by atoms with Gasteiger partial charge in [0.05, 0.1) is 5.60 Å². The van der Waals surface area contributed by atoms with Gasteiger partial charge in [-0.05, 0) is 25.0 Å². The lowest BCUT2D eigenvalue weighted by molar-refractivity contribution is -0.137. The number of nitrogens with one attached hydrogen (secondary N) is 2. The van der Waals surface area contributed by atoms with E-state index in [0.29, 0.717) is 12.8 Å². The van der Waals surface area contributed by atoms with E-state index in [-0.39, 0.29) is 6.54 Å². The van der Waals surface area contributed by atoms with E-state index < -0.39 is 34.7 Å². The van der Waals surface area contributed by atoms with Crippen LogP contribution in [0.4, 0.5) is 14.5 Å². The van der Waals surface area contributed by atoms with Gasteiger partial charge in [0.1, 0.15) is 17.3 Å². The van der Waals surface area contributed by atoms with Crippen LogP contribution in [0.25, 0.3) is 0 Å². The van der Waals surface area contributed by atoms with E-state index in [0.717, 1.165) is 43.9 Å². The average Bonchev–Trinajstić information content (AvgIpc) is 2.74. The first-order valence-corrected chi connectivity index (χ1v) is 7.67. The number of halogens is 2. The average molecular weight is 326 g/mol. The summed E-state index contributed by atoms with van der Waals surface area (Å²) in [5, 5.41) is 14.6. The molecular formula is C16H20F2N2O3. The second kappa shape index (κ2) is 7.50. The highest BCUT2D eigenvalue weighted by Gasteiger charge is 2.29. The predicted molar refractivity (Wildman–Crippen MR) is 80.6 cm³/mol. The van der Waals surface area contributed by atoms with Gasteiger partial charge in [-0.3, -0.25) is 9.59 Å². The highest BCUT2D eigenvalue weighted by Crippen LogP contribution is 2.26. The van der Waals surface area contributed by atoms with Crippen LogP contribution < -0.4 is 10.6 Å². The van der Waals surface area contributed by atoms with Crippen molar-refractivity contribution in [3.63, 3.8) is 0 Å². The lowest BCUT2D eigenvalue weighted by atomic mass is 9.94. The molecule has 1 fully saturated rings. The van der Waals surface area contributed by atoms with E-state index in [1.54, 1.807) is 0 Å². The predicted octanol–water partition coefficient (Wildman–Crippen LogP) is 2.10. The summed E-state index contributed by atoms with van der Waals surface area (Å²) in [5.74, 6) is -4.14. The Labute approximate surface area is 133 Å². The molecule has 0 aromatic heterocycles. The molecule has 2 rings (SSSR count). The molecule has 126 valence electrons. The van der Waals surface area contributed by atoms with Gasteiger partial charge in [-0.25, -0.2) is 8.78 Å². The highest BCUT2D eigenvalue weighted by atomic mass is 19.1. The fourth-order valence-corrected chi connectivity index (χ4v) is 2.68. The van der Waals surface area contributed by atoms with Crippen molar-refractivity contribution in [3.8, 4) is 0 Å². The fraction of sp³-hybridized carbons (Fsp3) is 0.500. The van der Waals surface area contributed by atoms with Crippen molar-refractivity contribution in [2.45, 2.75) is 44.1 Å². The molecule has 23 heavy (non-hydrogen) atoms. The van der Waals surface area contributed by atoms with Gasteiger partial charge in [-0.1, -0.05) is 31.7 Å². The Morgan fingerprint density at radius 2 is 1.61 bits per heavy atom. The summed E-state index contributed by atoms with van der Waals surface area (Å²) in [6, 6.07) is 3.11. The van der Waals surface area contributed by atoms with Crippen molar-refractivity contribution in [1.29, 1.82) is 0 Å². The van der Waals surface area contributed by atoms with Gasteiger partial charge in [0, 0.05) is 6.54 Å². The third kappa shape index (κ3) is 4.72. The molecule has 5 nitrogen and oxygen atoms in total. The van der Waals surface area contributed by atoms with E-state index in [9.17, 15) is 23.5 Å². The first-order chi connectivity index (χ1) is 10.9. The van der Waals surface area contributed by atoms with Crippen LogP contribution in [0.3, 0.4) is 0 Å². The summed E-state index contributed by atoms with van der Waals surface area (Å²) in [6.07, 6.45) is 4.89. The number of hydrogen-bond donors (Lipinski definition) is 3. The highest BCUT2D eigenvalue weighted by molar-refractivity contribution is 6.39. The summed E-state index contributed by atoms with van der Waals surface area (Å²) in [5.41, 5.74) is -1.70. The number of carbonyl (C=O) groups is 2. The zero-order chi connectivity index (χ0) is 16.9. The molecule has 1 aliphatic carbocycles. The SMILES string of the molecule is O=C(NCC1(O)CCCCCC1)C(=O)Nc1c(F)cccc1F. The topological polar surface area (TPSA) is 78.4 Å². The Kier molecular flexibility index (Phi) is 5.65. The lowest BCUT2D eigenvalue weighted by Gasteiger charge is -2.26. The number of para-hydroxylation sites is 1. The molecule has 1 aromatic rings. The van der Waals surface area contributed by atoms with Crippen molar-refractivity contribution in [1.82, 2.24) is 5.32 Å². The first kappa shape index (κ1) is 17.3. The zero-order valence-corrected chi connectivity index (χ0v) is 12.7. The number of hydrogen-bond acceptors (Lipinski definition) is 3. The van der Waals surface area contributed by atoms with Crippen LogP contribution >= 0.6 is 0 Å². The van der Waals surface area contributed by atoms with E-state index >= 15 is 0 Å². The largest absolute Gasteiger partial charge is 0.388 e. The van der Waals surface area contributed by atoms with Gasteiger partial charge in [-0.15, -0.1) is 0 Å². The fourth-order valence-electron chi connectivity index (χ4n) is 2.68. The number of aliphatic hydroxyl groups is 1. The second-order valence-corrected chi connectivity index (χ2v) is 5.87. The van der Waals surface area contributed by atoms with Gasteiger partial charge < -0.3 is 15.7 Å². The molecule has 7 heteroatoms. The molecule has 0 bridgehead atoms. The van der Waals surface area contributed by atoms with Gasteiger partial charge in [0.2, 0.25) is 0 Å². The van der Waals surface area contributed by atoms with Crippen LogP contribution in [0.15, 0.2) is 18.2 Å². The third-order valence-electron chi connectivity index (χ3n) is 4.02. The lowest BCUT2D eigenvalue weighted by Crippen LogP contribution is -2.46. The van der Waals surface area contributed by atoms with E-state index in [1.807, 2.05) is 5.32 Å². The van der Waals surface area contributed by atoms with Gasteiger partial charge >= 0.3 is 11.8 Å². The number of amides is 2. The Morgan fingerprint density at radius 3 is 2.17 bits per heavy atom. The van der Waals surface area contributed by atoms with E-state index in [1.165, 1.54) is 0 Å². The monoisotopic (exact) mass is 326 g/mol. The summed E-state index contributed by atoms with van der Waals surface area (Å²) in [6.45, 7) is -0.0565. The number of carbonyl (C=O) groups excluding carboxylic acids is 2. The Bertz CT molecular complexity index is 564. The third-order valence-corrected chi connectivity index (χ3v) is 4.02. The van der Waals surface area contributed by atoms with E-state index in [4.69, 9.17) is 0 Å². The van der Waals surface area contributed by atoms with Crippen LogP contribution in [0.1, 0.15) is 38.5 Å². The molecule has 0 radical (unpaired) electrons. The van der Waals surface area contributed by atoms with Crippen molar-refractivity contribution in [2.24, 2.45) is 0 Å². The standard InChI is InChI=1S/C16H20F2N2O3/c17-11-6-5-7-12(18)13(11)20-15(22)14(21)19-10-16(23)8-3-1-2-4-9-16/h5-7,23H,1-4,8-10H2,(H,19,21)(H,20,22). The first-order valence-electron chi connectivity index (χ1n) is 7.67. The minimum Gasteiger partial charge on any atom is -0.388 e. The molecule has 1 saturated carbocycles. The molecule has 0 unspecified atom stereocenters. The maximum absolute atomic E-state index is 13.4. The summed E-state index contributed by atoms with van der Waals surface area (Å²) >= 11 is 0. The van der Waals surface area contributed by atoms with E-state index in [2.05, 4.69) is 5.32 Å². The molecule has 0 aliphatic heterocycles. The van der Waals surface area contributed by atoms with Crippen molar-refractivity contribution in [2.75, 3.05) is 11.9 Å². The van der Waals surface area contributed by atoms with Crippen molar-refractivity contribution >= 4 is 17.5 Å². The summed E-state index contributed by atoms with van der Waals surface area (Å²) in [7, 11) is 0. The number of rotatable bonds is 3. The van der Waals surface area contributed by atoms with Gasteiger partial charge in [-0.2, -0.15) is 0 Å². The molecular weight excluding hydrogens is 306 g/mol. The molecule has 1 aliphatic rings. The Balaban J connectivity index is 1.91. The minimum absolute atomic E-state index is 0.0565. The van der Waals surface area contributed by atoms with Gasteiger partial charge in [0.15, 0.2) is 0 Å². The molecule has 0 heterocycles. The van der Waals surface area contributed by atoms with Crippen LogP contribution in [-0.4, -0.2) is 29.1 Å². The summed E-state index contributed by atoms with van der Waals surface area (Å²) < 4.78 is 26.9. The maximum atomic E-state index is 13.4. The van der Waals surface area contributed by atoms with Crippen LogP contribution in [0, 0.1) is 11.6 Å². The molecule has 0 saturated heterocycles. The van der Waals surface area contributed by atoms with Crippen LogP contribution in [0.5, 0.6) is 0 Å². The maximum Gasteiger partial charge on any atom is 0.313 e. The normalized spacial score (nSPS) is 17.2. The van der Waals surface area contributed by atoms with Crippen molar-refractivity contribution in [3.05, 3.63) is 29.8 Å². The minimum atomic E-state index is -1.17. The van der Waals surface area contributed by atoms with Crippen LogP contribution in [-0.2, 0) is 9.59 Å². The second-order valence-electron chi connectivity index (χ2n) is 5.87. The van der Waals surface area contributed by atoms with Crippen molar-refractivity contribution < 1.29 is 23.5 Å². The number of anilines is 1. The quantitative estimate of drug-likeness (QED) is 0.588. The molecule has 1 aromatic carbocycles. The summed E-state index contributed by atoms with van der Waals surface area (Å²) in [4.78, 5) is 23.5. The molecule has 3 N–H and O–H groups in total. The molecule has 0 atom stereocenters. The molecule has 0 spiro atoms.